The van der Waals surface area contributed by atoms with Crippen LogP contribution in [-0.2, 0) is 16.1 Å². The molecule has 1 saturated carbocycles. The van der Waals surface area contributed by atoms with E-state index >= 15 is 0 Å². The molecule has 2 amide bonds. The second-order valence-corrected chi connectivity index (χ2v) is 6.34. The Hall–Kier alpha value is -1.92. The summed E-state index contributed by atoms with van der Waals surface area (Å²) in [7, 11) is 0. The van der Waals surface area contributed by atoms with E-state index < -0.39 is 5.91 Å². The van der Waals surface area contributed by atoms with Gasteiger partial charge in [0.2, 0.25) is 11.8 Å². The summed E-state index contributed by atoms with van der Waals surface area (Å²) in [6.07, 6.45) is 11.5. The molecule has 1 aromatic heterocycles. The molecule has 0 aliphatic heterocycles. The van der Waals surface area contributed by atoms with Crippen LogP contribution in [0.25, 0.3) is 0 Å². The van der Waals surface area contributed by atoms with Gasteiger partial charge in [0, 0.05) is 19.5 Å². The van der Waals surface area contributed by atoms with Gasteiger partial charge < -0.3 is 10.6 Å². The summed E-state index contributed by atoms with van der Waals surface area (Å²) >= 11 is 0. The van der Waals surface area contributed by atoms with E-state index in [-0.39, 0.29) is 12.5 Å². The lowest BCUT2D eigenvalue weighted by atomic mass is 9.87. The topological polar surface area (TPSA) is 94.1 Å². The Morgan fingerprint density at radius 2 is 2.04 bits per heavy atom. The number of hydrogen-bond donors (Lipinski definition) is 1. The number of nitrogens with zero attached hydrogens (tertiary/aromatic N) is 4. The number of amides is 2. The van der Waals surface area contributed by atoms with Gasteiger partial charge in [0.05, 0.1) is 6.54 Å². The van der Waals surface area contributed by atoms with Crippen molar-refractivity contribution in [3.05, 3.63) is 12.7 Å². The predicted molar refractivity (Wildman–Crippen MR) is 86.2 cm³/mol. The summed E-state index contributed by atoms with van der Waals surface area (Å²) in [5.41, 5.74) is 5.29. The van der Waals surface area contributed by atoms with E-state index in [0.29, 0.717) is 31.8 Å². The van der Waals surface area contributed by atoms with Crippen LogP contribution >= 0.6 is 0 Å². The summed E-state index contributed by atoms with van der Waals surface area (Å²) in [5.74, 6) is 0.236. The van der Waals surface area contributed by atoms with Gasteiger partial charge in [-0.15, -0.1) is 0 Å². The molecule has 2 rings (SSSR count). The fourth-order valence-electron chi connectivity index (χ4n) is 3.19. The van der Waals surface area contributed by atoms with Crippen LogP contribution in [0.1, 0.15) is 51.4 Å². The first-order valence-electron chi connectivity index (χ1n) is 8.53. The first-order valence-corrected chi connectivity index (χ1v) is 8.53. The third kappa shape index (κ3) is 6.38. The van der Waals surface area contributed by atoms with Gasteiger partial charge in [-0.2, -0.15) is 5.10 Å². The smallest absolute Gasteiger partial charge is 0.237 e. The summed E-state index contributed by atoms with van der Waals surface area (Å²) in [5, 5.41) is 4.01. The molecule has 7 heteroatoms. The molecule has 1 fully saturated rings. The number of aryl methyl sites for hydroxylation is 1. The number of rotatable bonds is 9. The minimum atomic E-state index is -0.446. The number of hydrogen-bond acceptors (Lipinski definition) is 4. The van der Waals surface area contributed by atoms with Crippen molar-refractivity contribution in [3.8, 4) is 0 Å². The van der Waals surface area contributed by atoms with Crippen LogP contribution in [0.5, 0.6) is 0 Å². The highest BCUT2D eigenvalue weighted by atomic mass is 16.2. The van der Waals surface area contributed by atoms with Crippen LogP contribution in [-0.4, -0.2) is 44.6 Å². The van der Waals surface area contributed by atoms with Gasteiger partial charge in [-0.3, -0.25) is 14.3 Å². The predicted octanol–water partition coefficient (Wildman–Crippen LogP) is 1.34. The summed E-state index contributed by atoms with van der Waals surface area (Å²) in [6, 6.07) is 0. The fourth-order valence-corrected chi connectivity index (χ4v) is 3.19. The van der Waals surface area contributed by atoms with E-state index in [1.54, 1.807) is 15.9 Å². The lowest BCUT2D eigenvalue weighted by Gasteiger charge is -2.26. The molecule has 0 spiro atoms. The van der Waals surface area contributed by atoms with Gasteiger partial charge >= 0.3 is 0 Å². The number of aromatic nitrogens is 3. The number of nitrogens with two attached hydrogens (primary N) is 1. The molecule has 1 heterocycles. The van der Waals surface area contributed by atoms with Crippen LogP contribution in [0.2, 0.25) is 0 Å². The maximum Gasteiger partial charge on any atom is 0.237 e. The lowest BCUT2D eigenvalue weighted by molar-refractivity contribution is -0.135. The van der Waals surface area contributed by atoms with Gasteiger partial charge in [0.15, 0.2) is 0 Å². The van der Waals surface area contributed by atoms with Crippen LogP contribution in [0, 0.1) is 5.92 Å². The molecule has 0 atom stereocenters. The molecule has 2 N–H and O–H groups in total. The molecule has 0 radical (unpaired) electrons. The van der Waals surface area contributed by atoms with Crippen LogP contribution in [0.15, 0.2) is 12.7 Å². The molecule has 0 bridgehead atoms. The molecular formula is C16H27N5O2. The van der Waals surface area contributed by atoms with Crippen molar-refractivity contribution in [1.82, 2.24) is 19.7 Å². The summed E-state index contributed by atoms with van der Waals surface area (Å²) in [6.45, 7) is 1.31. The van der Waals surface area contributed by atoms with Crippen molar-refractivity contribution in [2.45, 2.75) is 57.9 Å². The highest BCUT2D eigenvalue weighted by Crippen LogP contribution is 2.26. The van der Waals surface area contributed by atoms with E-state index in [0.717, 1.165) is 6.42 Å². The maximum absolute atomic E-state index is 12.4. The van der Waals surface area contributed by atoms with E-state index in [2.05, 4.69) is 10.1 Å². The van der Waals surface area contributed by atoms with Crippen molar-refractivity contribution in [3.63, 3.8) is 0 Å². The van der Waals surface area contributed by atoms with Crippen LogP contribution < -0.4 is 5.73 Å². The largest absolute Gasteiger partial charge is 0.368 e. The third-order valence-electron chi connectivity index (χ3n) is 4.48. The van der Waals surface area contributed by atoms with Crippen molar-refractivity contribution < 1.29 is 9.59 Å². The van der Waals surface area contributed by atoms with Gasteiger partial charge in [-0.05, 0) is 18.8 Å². The minimum absolute atomic E-state index is 0.000255. The van der Waals surface area contributed by atoms with E-state index in [1.807, 2.05) is 0 Å². The Bertz CT molecular complexity index is 483. The van der Waals surface area contributed by atoms with Crippen LogP contribution in [0.4, 0.5) is 0 Å². The van der Waals surface area contributed by atoms with E-state index in [4.69, 9.17) is 5.73 Å². The average molecular weight is 321 g/mol. The molecule has 23 heavy (non-hydrogen) atoms. The van der Waals surface area contributed by atoms with Crippen molar-refractivity contribution in [1.29, 1.82) is 0 Å². The van der Waals surface area contributed by atoms with Gasteiger partial charge in [-0.1, -0.05) is 32.1 Å². The minimum Gasteiger partial charge on any atom is -0.368 e. The zero-order chi connectivity index (χ0) is 16.5. The molecular weight excluding hydrogens is 294 g/mol. The molecule has 1 aliphatic rings. The maximum atomic E-state index is 12.4. The summed E-state index contributed by atoms with van der Waals surface area (Å²) in [4.78, 5) is 29.1. The van der Waals surface area contributed by atoms with Gasteiger partial charge in [-0.25, -0.2) is 4.98 Å². The Morgan fingerprint density at radius 3 is 2.70 bits per heavy atom. The quantitative estimate of drug-likeness (QED) is 0.742. The number of primary amides is 1. The third-order valence-corrected chi connectivity index (χ3v) is 4.48. The standard InChI is InChI=1S/C16H27N5O2/c17-15(22)11-20(10-8-14-5-2-1-3-6-14)16(23)7-4-9-21-13-18-12-19-21/h12-14H,1-11H2,(H2,17,22). The molecule has 1 aromatic rings. The summed E-state index contributed by atoms with van der Waals surface area (Å²) < 4.78 is 1.70. The number of carbonyl (C=O) groups excluding carboxylic acids is 2. The second-order valence-electron chi connectivity index (χ2n) is 6.34. The van der Waals surface area contributed by atoms with E-state index in [1.165, 1.54) is 38.4 Å². The van der Waals surface area contributed by atoms with Crippen molar-refractivity contribution in [2.24, 2.45) is 11.7 Å². The highest BCUT2D eigenvalue weighted by molar-refractivity contribution is 5.83. The SMILES string of the molecule is NC(=O)CN(CCC1CCCCC1)C(=O)CCCn1cncn1. The first kappa shape index (κ1) is 17.4. The van der Waals surface area contributed by atoms with Crippen molar-refractivity contribution in [2.75, 3.05) is 13.1 Å². The molecule has 128 valence electrons. The Morgan fingerprint density at radius 1 is 1.26 bits per heavy atom. The second kappa shape index (κ2) is 9.27. The Kier molecular flexibility index (Phi) is 7.03. The van der Waals surface area contributed by atoms with Crippen LogP contribution in [0.3, 0.4) is 0 Å². The number of carbonyl (C=O) groups is 2. The highest BCUT2D eigenvalue weighted by Gasteiger charge is 2.19. The van der Waals surface area contributed by atoms with Gasteiger partial charge in [0.1, 0.15) is 12.7 Å². The average Bonchev–Trinajstić information content (AvgIpc) is 3.05. The normalized spacial score (nSPS) is 15.5. The Labute approximate surface area is 137 Å². The zero-order valence-corrected chi connectivity index (χ0v) is 13.7. The molecule has 7 nitrogen and oxygen atoms in total. The fraction of sp³-hybridized carbons (Fsp3) is 0.750. The molecule has 0 saturated heterocycles. The lowest BCUT2D eigenvalue weighted by Crippen LogP contribution is -2.39. The molecule has 0 aromatic carbocycles. The van der Waals surface area contributed by atoms with Gasteiger partial charge in [0.25, 0.3) is 0 Å². The Balaban J connectivity index is 1.75. The molecule has 1 aliphatic carbocycles. The first-order chi connectivity index (χ1) is 11.1. The monoisotopic (exact) mass is 321 g/mol. The zero-order valence-electron chi connectivity index (χ0n) is 13.7. The van der Waals surface area contributed by atoms with E-state index in [9.17, 15) is 9.59 Å². The molecule has 0 unspecified atom stereocenters. The van der Waals surface area contributed by atoms with Crippen molar-refractivity contribution >= 4 is 11.8 Å².